The van der Waals surface area contributed by atoms with Gasteiger partial charge in [-0.25, -0.2) is 4.79 Å². The van der Waals surface area contributed by atoms with E-state index in [0.717, 1.165) is 39.1 Å². The highest BCUT2D eigenvalue weighted by Gasteiger charge is 2.21. The summed E-state index contributed by atoms with van der Waals surface area (Å²) in [6, 6.07) is 10.5. The zero-order chi connectivity index (χ0) is 15.1. The monoisotopic (exact) mass is 289 g/mol. The summed E-state index contributed by atoms with van der Waals surface area (Å²) < 4.78 is 0. The first-order valence-electron chi connectivity index (χ1n) is 8.00. The largest absolute Gasteiger partial charge is 0.335 e. The van der Waals surface area contributed by atoms with Crippen molar-refractivity contribution in [1.29, 1.82) is 0 Å². The molecule has 0 aliphatic carbocycles. The minimum absolute atomic E-state index is 0.0783. The second-order valence-electron chi connectivity index (χ2n) is 5.87. The molecule has 0 aromatic heterocycles. The molecule has 2 rings (SSSR count). The van der Waals surface area contributed by atoms with Gasteiger partial charge >= 0.3 is 6.03 Å². The molecule has 1 atom stereocenters. The van der Waals surface area contributed by atoms with Crippen molar-refractivity contribution >= 4 is 6.03 Å². The maximum atomic E-state index is 12.3. The summed E-state index contributed by atoms with van der Waals surface area (Å²) in [6.07, 6.45) is 2.06. The van der Waals surface area contributed by atoms with Crippen LogP contribution in [0.4, 0.5) is 4.79 Å². The molecule has 0 bridgehead atoms. The van der Waals surface area contributed by atoms with Gasteiger partial charge in [0.15, 0.2) is 0 Å². The van der Waals surface area contributed by atoms with Crippen LogP contribution in [0.1, 0.15) is 25.8 Å². The number of carbonyl (C=O) groups excluding carboxylic acids is 1. The van der Waals surface area contributed by atoms with Crippen molar-refractivity contribution in [3.63, 3.8) is 0 Å². The minimum Gasteiger partial charge on any atom is -0.335 e. The lowest BCUT2D eigenvalue weighted by Gasteiger charge is -2.35. The Hall–Kier alpha value is -1.55. The van der Waals surface area contributed by atoms with Crippen LogP contribution in [-0.4, -0.2) is 54.6 Å². The highest BCUT2D eigenvalue weighted by Crippen LogP contribution is 2.06. The Morgan fingerprint density at radius 3 is 2.48 bits per heavy atom. The second kappa shape index (κ2) is 8.03. The van der Waals surface area contributed by atoms with Crippen LogP contribution >= 0.6 is 0 Å². The lowest BCUT2D eigenvalue weighted by molar-refractivity contribution is 0.137. The molecule has 1 fully saturated rings. The molecule has 21 heavy (non-hydrogen) atoms. The molecule has 1 N–H and O–H groups in total. The van der Waals surface area contributed by atoms with E-state index < -0.39 is 0 Å². The van der Waals surface area contributed by atoms with Crippen LogP contribution in [0.5, 0.6) is 0 Å². The predicted molar refractivity (Wildman–Crippen MR) is 86.4 cm³/mol. The van der Waals surface area contributed by atoms with E-state index >= 15 is 0 Å². The molecule has 1 aromatic rings. The van der Waals surface area contributed by atoms with Gasteiger partial charge in [0.2, 0.25) is 0 Å². The summed E-state index contributed by atoms with van der Waals surface area (Å²) in [5, 5.41) is 3.11. The molecule has 0 radical (unpaired) electrons. The number of rotatable bonds is 5. The summed E-state index contributed by atoms with van der Waals surface area (Å²) in [7, 11) is 0. The van der Waals surface area contributed by atoms with Crippen molar-refractivity contribution in [2.45, 2.75) is 32.7 Å². The first-order chi connectivity index (χ1) is 10.2. The Kier molecular flexibility index (Phi) is 6.05. The van der Waals surface area contributed by atoms with Gasteiger partial charge < -0.3 is 10.2 Å². The predicted octanol–water partition coefficient (Wildman–Crippen LogP) is 2.35. The van der Waals surface area contributed by atoms with Crippen molar-refractivity contribution < 1.29 is 4.79 Å². The normalized spacial score (nSPS) is 17.5. The zero-order valence-corrected chi connectivity index (χ0v) is 13.2. The topological polar surface area (TPSA) is 35.6 Å². The number of piperazine rings is 1. The number of carbonyl (C=O) groups is 1. The molecular weight excluding hydrogens is 262 g/mol. The molecular formula is C17H27N3O. The van der Waals surface area contributed by atoms with E-state index in [4.69, 9.17) is 0 Å². The Bertz CT molecular complexity index is 427. The molecule has 1 aliphatic heterocycles. The fraction of sp³-hybridized carbons (Fsp3) is 0.588. The standard InChI is InChI=1S/C17H27N3O/c1-3-9-19-10-12-20(13-11-19)17(21)18-15(2)14-16-7-5-4-6-8-16/h4-8,15H,3,9-14H2,1-2H3,(H,18,21)/t15-/m0/s1. The van der Waals surface area contributed by atoms with E-state index in [1.807, 2.05) is 23.1 Å². The molecule has 1 saturated heterocycles. The lowest BCUT2D eigenvalue weighted by Crippen LogP contribution is -2.53. The number of nitrogens with one attached hydrogen (secondary N) is 1. The minimum atomic E-state index is 0.0783. The SMILES string of the molecule is CCCN1CCN(C(=O)N[C@@H](C)Cc2ccccc2)CC1. The molecule has 4 heteroatoms. The first kappa shape index (κ1) is 15.8. The van der Waals surface area contributed by atoms with Crippen molar-refractivity contribution in [2.24, 2.45) is 0 Å². The second-order valence-corrected chi connectivity index (χ2v) is 5.87. The molecule has 2 amide bonds. The van der Waals surface area contributed by atoms with Crippen LogP contribution in [-0.2, 0) is 6.42 Å². The number of nitrogens with zero attached hydrogens (tertiary/aromatic N) is 2. The lowest BCUT2D eigenvalue weighted by atomic mass is 10.1. The number of amides is 2. The highest BCUT2D eigenvalue weighted by atomic mass is 16.2. The van der Waals surface area contributed by atoms with E-state index in [-0.39, 0.29) is 12.1 Å². The van der Waals surface area contributed by atoms with Crippen LogP contribution < -0.4 is 5.32 Å². The Balaban J connectivity index is 1.74. The summed E-state index contributed by atoms with van der Waals surface area (Å²) >= 11 is 0. The van der Waals surface area contributed by atoms with Gasteiger partial charge in [-0.05, 0) is 31.9 Å². The Labute approximate surface area is 128 Å². The number of urea groups is 1. The molecule has 0 saturated carbocycles. The maximum absolute atomic E-state index is 12.3. The number of benzene rings is 1. The first-order valence-corrected chi connectivity index (χ1v) is 8.00. The van der Waals surface area contributed by atoms with Gasteiger partial charge in [0, 0.05) is 32.2 Å². The quantitative estimate of drug-likeness (QED) is 0.903. The average Bonchev–Trinajstić information content (AvgIpc) is 2.49. The molecule has 1 heterocycles. The van der Waals surface area contributed by atoms with E-state index in [0.29, 0.717) is 0 Å². The van der Waals surface area contributed by atoms with Crippen molar-refractivity contribution in [2.75, 3.05) is 32.7 Å². The molecule has 0 unspecified atom stereocenters. The zero-order valence-electron chi connectivity index (χ0n) is 13.2. The fourth-order valence-electron chi connectivity index (χ4n) is 2.81. The van der Waals surface area contributed by atoms with Gasteiger partial charge in [0.05, 0.1) is 0 Å². The number of hydrogen-bond donors (Lipinski definition) is 1. The van der Waals surface area contributed by atoms with Crippen LogP contribution in [0, 0.1) is 0 Å². The van der Waals surface area contributed by atoms with Gasteiger partial charge in [0.25, 0.3) is 0 Å². The molecule has 0 spiro atoms. The van der Waals surface area contributed by atoms with Crippen LogP contribution in [0.2, 0.25) is 0 Å². The summed E-state index contributed by atoms with van der Waals surface area (Å²) in [5.41, 5.74) is 1.26. The van der Waals surface area contributed by atoms with Gasteiger partial charge in [-0.1, -0.05) is 37.3 Å². The number of hydrogen-bond acceptors (Lipinski definition) is 2. The van der Waals surface area contributed by atoms with Crippen molar-refractivity contribution in [3.8, 4) is 0 Å². The molecule has 1 aromatic carbocycles. The van der Waals surface area contributed by atoms with E-state index in [2.05, 4.69) is 36.2 Å². The van der Waals surface area contributed by atoms with E-state index in [1.165, 1.54) is 12.0 Å². The van der Waals surface area contributed by atoms with Crippen molar-refractivity contribution in [1.82, 2.24) is 15.1 Å². The highest BCUT2D eigenvalue weighted by molar-refractivity contribution is 5.74. The third-order valence-electron chi connectivity index (χ3n) is 3.95. The fourth-order valence-corrected chi connectivity index (χ4v) is 2.81. The Morgan fingerprint density at radius 1 is 1.19 bits per heavy atom. The molecule has 4 nitrogen and oxygen atoms in total. The Morgan fingerprint density at radius 2 is 1.86 bits per heavy atom. The van der Waals surface area contributed by atoms with Crippen LogP contribution in [0.15, 0.2) is 30.3 Å². The van der Waals surface area contributed by atoms with E-state index in [9.17, 15) is 4.79 Å². The van der Waals surface area contributed by atoms with Gasteiger partial charge in [-0.15, -0.1) is 0 Å². The summed E-state index contributed by atoms with van der Waals surface area (Å²) in [4.78, 5) is 16.6. The van der Waals surface area contributed by atoms with Crippen molar-refractivity contribution in [3.05, 3.63) is 35.9 Å². The van der Waals surface area contributed by atoms with E-state index in [1.54, 1.807) is 0 Å². The van der Waals surface area contributed by atoms with Gasteiger partial charge in [-0.2, -0.15) is 0 Å². The van der Waals surface area contributed by atoms with Gasteiger partial charge in [0.1, 0.15) is 0 Å². The summed E-state index contributed by atoms with van der Waals surface area (Å²) in [5.74, 6) is 0. The molecule has 1 aliphatic rings. The third kappa shape index (κ3) is 5.05. The molecule has 116 valence electrons. The third-order valence-corrected chi connectivity index (χ3v) is 3.95. The smallest absolute Gasteiger partial charge is 0.317 e. The van der Waals surface area contributed by atoms with Gasteiger partial charge in [-0.3, -0.25) is 4.90 Å². The maximum Gasteiger partial charge on any atom is 0.317 e. The summed E-state index contributed by atoms with van der Waals surface area (Å²) in [6.45, 7) is 9.07. The van der Waals surface area contributed by atoms with Crippen LogP contribution in [0.25, 0.3) is 0 Å². The van der Waals surface area contributed by atoms with Crippen LogP contribution in [0.3, 0.4) is 0 Å². The average molecular weight is 289 g/mol.